The Morgan fingerprint density at radius 2 is 1.97 bits per heavy atom. The molecule has 6 heterocycles. The van der Waals surface area contributed by atoms with Crippen LogP contribution in [0.5, 0.6) is 0 Å². The quantitative estimate of drug-likeness (QED) is 0.489. The Kier molecular flexibility index (Phi) is 4.63. The number of rotatable bonds is 3. The third-order valence-electron chi connectivity index (χ3n) is 6.63. The standard InChI is InChI=1S/C21H20ClFN8S/c22-17-14(1-5-30-8-4-25-20(17)30)32-16-11-26-15(10-27-16)29-6-2-21(3-7-29)12-31-18(19(21)24)13(23)9-28-31/h1,4-5,8-11,19H,2-3,6-7,12,24H2. The molecule has 1 saturated heterocycles. The molecule has 32 heavy (non-hydrogen) atoms. The van der Waals surface area contributed by atoms with Gasteiger partial charge in [0, 0.05) is 48.5 Å². The predicted molar refractivity (Wildman–Crippen MR) is 119 cm³/mol. The van der Waals surface area contributed by atoms with E-state index in [4.69, 9.17) is 17.3 Å². The van der Waals surface area contributed by atoms with Crippen LogP contribution in [0.25, 0.3) is 5.65 Å². The van der Waals surface area contributed by atoms with Crippen molar-refractivity contribution >= 4 is 34.8 Å². The van der Waals surface area contributed by atoms with Crippen LogP contribution in [0.1, 0.15) is 24.6 Å². The average Bonchev–Trinajstić information content (AvgIpc) is 3.49. The molecule has 1 unspecified atom stereocenters. The maximum absolute atomic E-state index is 14.1. The van der Waals surface area contributed by atoms with E-state index in [1.54, 1.807) is 23.3 Å². The lowest BCUT2D eigenvalue weighted by atomic mass is 9.73. The summed E-state index contributed by atoms with van der Waals surface area (Å²) in [6.07, 6.45) is 12.0. The number of pyridine rings is 1. The zero-order valence-electron chi connectivity index (χ0n) is 17.0. The van der Waals surface area contributed by atoms with Gasteiger partial charge in [-0.15, -0.1) is 0 Å². The first kappa shape index (κ1) is 20.0. The fourth-order valence-corrected chi connectivity index (χ4v) is 5.87. The zero-order valence-corrected chi connectivity index (χ0v) is 18.6. The van der Waals surface area contributed by atoms with Crippen LogP contribution in [-0.4, -0.2) is 42.2 Å². The fourth-order valence-electron chi connectivity index (χ4n) is 4.80. The number of hydrogen-bond acceptors (Lipinski definition) is 7. The molecule has 1 spiro atoms. The van der Waals surface area contributed by atoms with Crippen molar-refractivity contribution in [2.75, 3.05) is 18.0 Å². The number of imidazole rings is 1. The molecule has 0 bridgehead atoms. The van der Waals surface area contributed by atoms with Gasteiger partial charge >= 0.3 is 0 Å². The van der Waals surface area contributed by atoms with Gasteiger partial charge in [0.2, 0.25) is 0 Å². The van der Waals surface area contributed by atoms with Gasteiger partial charge in [-0.05, 0) is 18.9 Å². The van der Waals surface area contributed by atoms with Gasteiger partial charge in [0.05, 0.1) is 35.3 Å². The molecule has 0 radical (unpaired) electrons. The second-order valence-corrected chi connectivity index (χ2v) is 9.77. The first-order valence-electron chi connectivity index (χ1n) is 10.4. The molecule has 0 aliphatic carbocycles. The Bertz CT molecular complexity index is 1300. The molecule has 4 aromatic heterocycles. The van der Waals surface area contributed by atoms with E-state index in [1.807, 2.05) is 22.9 Å². The highest BCUT2D eigenvalue weighted by atomic mass is 35.5. The molecule has 1 fully saturated rings. The molecule has 4 aromatic rings. The highest BCUT2D eigenvalue weighted by Crippen LogP contribution is 2.48. The minimum absolute atomic E-state index is 0.146. The molecule has 2 N–H and O–H groups in total. The molecular formula is C21H20ClFN8S. The van der Waals surface area contributed by atoms with Crippen molar-refractivity contribution in [1.29, 1.82) is 0 Å². The van der Waals surface area contributed by atoms with Gasteiger partial charge in [0.25, 0.3) is 0 Å². The predicted octanol–water partition coefficient (Wildman–Crippen LogP) is 3.56. The van der Waals surface area contributed by atoms with Crippen LogP contribution in [0, 0.1) is 11.2 Å². The zero-order chi connectivity index (χ0) is 21.9. The van der Waals surface area contributed by atoms with Crippen molar-refractivity contribution < 1.29 is 4.39 Å². The van der Waals surface area contributed by atoms with E-state index in [2.05, 4.69) is 25.0 Å². The Morgan fingerprint density at radius 1 is 1.12 bits per heavy atom. The lowest BCUT2D eigenvalue weighted by Crippen LogP contribution is -2.45. The minimum Gasteiger partial charge on any atom is -0.355 e. The molecule has 6 rings (SSSR count). The van der Waals surface area contributed by atoms with E-state index in [0.29, 0.717) is 17.3 Å². The number of hydrogen-bond donors (Lipinski definition) is 1. The lowest BCUT2D eigenvalue weighted by molar-refractivity contribution is 0.169. The van der Waals surface area contributed by atoms with E-state index in [0.717, 1.165) is 47.3 Å². The van der Waals surface area contributed by atoms with Crippen molar-refractivity contribution in [1.82, 2.24) is 29.1 Å². The summed E-state index contributed by atoms with van der Waals surface area (Å²) in [7, 11) is 0. The topological polar surface area (TPSA) is 90.2 Å². The Hall–Kier alpha value is -2.69. The molecule has 2 aliphatic rings. The summed E-state index contributed by atoms with van der Waals surface area (Å²) in [5.74, 6) is 0.525. The van der Waals surface area contributed by atoms with Crippen molar-refractivity contribution in [3.63, 3.8) is 0 Å². The van der Waals surface area contributed by atoms with E-state index >= 15 is 0 Å². The number of piperidine rings is 1. The number of aromatic nitrogens is 6. The van der Waals surface area contributed by atoms with Gasteiger partial charge in [-0.3, -0.25) is 4.68 Å². The number of halogens is 2. The van der Waals surface area contributed by atoms with Crippen LogP contribution in [0.15, 0.2) is 53.2 Å². The largest absolute Gasteiger partial charge is 0.355 e. The van der Waals surface area contributed by atoms with Gasteiger partial charge in [-0.25, -0.2) is 19.3 Å². The fraction of sp³-hybridized carbons (Fsp3) is 0.333. The second kappa shape index (κ2) is 7.43. The van der Waals surface area contributed by atoms with Crippen LogP contribution in [0.2, 0.25) is 5.02 Å². The smallest absolute Gasteiger partial charge is 0.165 e. The molecule has 2 aliphatic heterocycles. The summed E-state index contributed by atoms with van der Waals surface area (Å²) in [6.45, 7) is 2.26. The molecule has 164 valence electrons. The summed E-state index contributed by atoms with van der Waals surface area (Å²) >= 11 is 7.95. The van der Waals surface area contributed by atoms with Crippen molar-refractivity contribution in [3.05, 3.63) is 59.8 Å². The van der Waals surface area contributed by atoms with E-state index < -0.39 is 0 Å². The highest BCUT2D eigenvalue weighted by Gasteiger charge is 2.48. The van der Waals surface area contributed by atoms with Crippen molar-refractivity contribution in [2.24, 2.45) is 11.1 Å². The highest BCUT2D eigenvalue weighted by molar-refractivity contribution is 7.99. The first-order chi connectivity index (χ1) is 15.5. The number of anilines is 1. The summed E-state index contributed by atoms with van der Waals surface area (Å²) in [6, 6.07) is 1.62. The maximum atomic E-state index is 14.1. The van der Waals surface area contributed by atoms with Crippen LogP contribution in [0.4, 0.5) is 10.2 Å². The van der Waals surface area contributed by atoms with Crippen molar-refractivity contribution in [2.45, 2.75) is 35.3 Å². The van der Waals surface area contributed by atoms with Crippen molar-refractivity contribution in [3.8, 4) is 0 Å². The Balaban J connectivity index is 1.14. The van der Waals surface area contributed by atoms with Gasteiger partial charge in [-0.1, -0.05) is 23.4 Å². The molecule has 0 saturated carbocycles. The molecule has 8 nitrogen and oxygen atoms in total. The first-order valence-corrected chi connectivity index (χ1v) is 11.6. The Labute approximate surface area is 192 Å². The molecular weight excluding hydrogens is 451 g/mol. The van der Waals surface area contributed by atoms with E-state index in [-0.39, 0.29) is 17.3 Å². The molecule has 11 heteroatoms. The van der Waals surface area contributed by atoms with Crippen LogP contribution in [-0.2, 0) is 6.54 Å². The van der Waals surface area contributed by atoms with Crippen LogP contribution >= 0.6 is 23.4 Å². The lowest BCUT2D eigenvalue weighted by Gasteiger charge is -2.41. The normalized spacial score (nSPS) is 19.7. The number of nitrogens with zero attached hydrogens (tertiary/aromatic N) is 7. The number of fused-ring (bicyclic) bond motifs is 2. The Morgan fingerprint density at radius 3 is 2.72 bits per heavy atom. The minimum atomic E-state index is -0.325. The summed E-state index contributed by atoms with van der Waals surface area (Å²) in [4.78, 5) is 16.6. The third kappa shape index (κ3) is 3.08. The average molecular weight is 471 g/mol. The molecule has 0 aromatic carbocycles. The van der Waals surface area contributed by atoms with Crippen LogP contribution < -0.4 is 10.6 Å². The molecule has 1 atom stereocenters. The summed E-state index contributed by atoms with van der Waals surface area (Å²) < 4.78 is 17.7. The molecule has 0 amide bonds. The summed E-state index contributed by atoms with van der Waals surface area (Å²) in [5, 5.41) is 5.51. The van der Waals surface area contributed by atoms with Gasteiger partial charge < -0.3 is 15.0 Å². The third-order valence-corrected chi connectivity index (χ3v) is 8.10. The summed E-state index contributed by atoms with van der Waals surface area (Å²) in [5.41, 5.74) is 7.56. The maximum Gasteiger partial charge on any atom is 0.165 e. The van der Waals surface area contributed by atoms with Crippen LogP contribution in [0.3, 0.4) is 0 Å². The van der Waals surface area contributed by atoms with Gasteiger partial charge in [0.1, 0.15) is 10.8 Å². The second-order valence-electron chi connectivity index (χ2n) is 8.33. The SMILES string of the molecule is NC1c2c(F)cnn2CC12CCN(c1cnc(Sc3ccn4ccnc4c3Cl)cn1)CC2. The van der Waals surface area contributed by atoms with Gasteiger partial charge in [-0.2, -0.15) is 5.10 Å². The van der Waals surface area contributed by atoms with E-state index in [9.17, 15) is 4.39 Å². The van der Waals surface area contributed by atoms with Gasteiger partial charge in [0.15, 0.2) is 11.5 Å². The monoisotopic (exact) mass is 470 g/mol. The van der Waals surface area contributed by atoms with E-state index in [1.165, 1.54) is 18.0 Å². The number of nitrogens with two attached hydrogens (primary N) is 1.